The smallest absolute Gasteiger partial charge is 0.234 e. The van der Waals surface area contributed by atoms with E-state index < -0.39 is 0 Å². The number of thiazole rings is 1. The monoisotopic (exact) mass is 276 g/mol. The van der Waals surface area contributed by atoms with E-state index in [0.717, 1.165) is 40.7 Å². The van der Waals surface area contributed by atoms with Gasteiger partial charge in [0, 0.05) is 0 Å². The fraction of sp³-hybridized carbons (Fsp3) is 0.462. The Labute approximate surface area is 115 Å². The molecule has 1 aliphatic carbocycles. The number of anilines is 1. The first kappa shape index (κ1) is 12.3. The van der Waals surface area contributed by atoms with Crippen molar-refractivity contribution in [3.05, 3.63) is 28.2 Å². The van der Waals surface area contributed by atoms with E-state index in [9.17, 15) is 4.79 Å². The molecule has 5 nitrogen and oxygen atoms in total. The Morgan fingerprint density at radius 3 is 3.11 bits per heavy atom. The van der Waals surface area contributed by atoms with Crippen LogP contribution in [0, 0.1) is 13.8 Å². The van der Waals surface area contributed by atoms with Gasteiger partial charge in [-0.25, -0.2) is 4.98 Å². The number of carbonyl (C=O) groups is 1. The average molecular weight is 276 g/mol. The van der Waals surface area contributed by atoms with Crippen molar-refractivity contribution in [2.24, 2.45) is 0 Å². The molecule has 6 heteroatoms. The van der Waals surface area contributed by atoms with Gasteiger partial charge in [0.05, 0.1) is 28.5 Å². The Morgan fingerprint density at radius 1 is 1.53 bits per heavy atom. The number of aryl methyl sites for hydroxylation is 3. The van der Waals surface area contributed by atoms with Crippen LogP contribution in [-0.4, -0.2) is 21.1 Å². The molecule has 0 spiro atoms. The Bertz CT molecular complexity index is 616. The quantitative estimate of drug-likeness (QED) is 0.885. The molecule has 0 aliphatic heterocycles. The average Bonchev–Trinajstić information content (AvgIpc) is 2.95. The number of nitrogens with zero attached hydrogens (tertiary/aromatic N) is 2. The zero-order valence-corrected chi connectivity index (χ0v) is 11.8. The van der Waals surface area contributed by atoms with Crippen molar-refractivity contribution >= 4 is 22.2 Å². The first-order valence-electron chi connectivity index (χ1n) is 6.42. The van der Waals surface area contributed by atoms with Crippen LogP contribution in [0.4, 0.5) is 5.00 Å². The molecular weight excluding hydrogens is 260 g/mol. The number of rotatable bonds is 2. The predicted molar refractivity (Wildman–Crippen MR) is 74.5 cm³/mol. The van der Waals surface area contributed by atoms with Crippen LogP contribution >= 0.6 is 11.3 Å². The third kappa shape index (κ3) is 2.28. The molecule has 100 valence electrons. The summed E-state index contributed by atoms with van der Waals surface area (Å²) in [5.41, 5.74) is 3.03. The number of hydrogen-bond donors (Lipinski definition) is 2. The number of fused-ring (bicyclic) bond motifs is 1. The molecule has 0 aromatic carbocycles. The summed E-state index contributed by atoms with van der Waals surface area (Å²) in [6, 6.07) is 0. The summed E-state index contributed by atoms with van der Waals surface area (Å²) in [5, 5.41) is 11.8. The number of H-pyrrole nitrogens is 1. The van der Waals surface area contributed by atoms with Crippen LogP contribution in [0.2, 0.25) is 0 Å². The molecule has 0 saturated carbocycles. The highest BCUT2D eigenvalue weighted by Crippen LogP contribution is 2.32. The minimum atomic E-state index is -0.118. The SMILES string of the molecule is Cc1nc(C)c(NC(=O)C2CCCc3cn[nH]c32)s1. The fourth-order valence-electron chi connectivity index (χ4n) is 2.57. The molecule has 2 N–H and O–H groups in total. The van der Waals surface area contributed by atoms with Crippen molar-refractivity contribution in [2.75, 3.05) is 5.32 Å². The fourth-order valence-corrected chi connectivity index (χ4v) is 3.39. The van der Waals surface area contributed by atoms with Gasteiger partial charge in [0.2, 0.25) is 5.91 Å². The number of carbonyl (C=O) groups excluding carboxylic acids is 1. The van der Waals surface area contributed by atoms with Gasteiger partial charge >= 0.3 is 0 Å². The molecule has 2 aromatic rings. The zero-order chi connectivity index (χ0) is 13.4. The Hall–Kier alpha value is -1.69. The minimum absolute atomic E-state index is 0.0388. The van der Waals surface area contributed by atoms with Gasteiger partial charge in [-0.3, -0.25) is 9.89 Å². The van der Waals surface area contributed by atoms with Gasteiger partial charge in [0.1, 0.15) is 5.00 Å². The summed E-state index contributed by atoms with van der Waals surface area (Å²) < 4.78 is 0. The second-order valence-electron chi connectivity index (χ2n) is 4.89. The molecule has 0 bridgehead atoms. The third-order valence-electron chi connectivity index (χ3n) is 3.50. The lowest BCUT2D eigenvalue weighted by Gasteiger charge is -2.20. The summed E-state index contributed by atoms with van der Waals surface area (Å²) >= 11 is 1.52. The van der Waals surface area contributed by atoms with E-state index in [2.05, 4.69) is 20.5 Å². The van der Waals surface area contributed by atoms with Crippen LogP contribution in [0.1, 0.15) is 40.7 Å². The van der Waals surface area contributed by atoms with Crippen molar-refractivity contribution in [2.45, 2.75) is 39.0 Å². The molecule has 0 fully saturated rings. The lowest BCUT2D eigenvalue weighted by Crippen LogP contribution is -2.24. The van der Waals surface area contributed by atoms with E-state index in [4.69, 9.17) is 0 Å². The molecule has 19 heavy (non-hydrogen) atoms. The Kier molecular flexibility index (Phi) is 3.10. The van der Waals surface area contributed by atoms with Crippen LogP contribution in [0.15, 0.2) is 6.20 Å². The molecule has 0 radical (unpaired) electrons. The summed E-state index contributed by atoms with van der Waals surface area (Å²) in [6.07, 6.45) is 4.74. The highest BCUT2D eigenvalue weighted by atomic mass is 32.1. The predicted octanol–water partition coefficient (Wildman–Crippen LogP) is 2.54. The number of hydrogen-bond acceptors (Lipinski definition) is 4. The molecule has 1 amide bonds. The molecule has 1 atom stereocenters. The van der Waals surface area contributed by atoms with E-state index >= 15 is 0 Å². The van der Waals surface area contributed by atoms with Gasteiger partial charge < -0.3 is 5.32 Å². The molecular formula is C13H16N4OS. The normalized spacial score (nSPS) is 18.1. The topological polar surface area (TPSA) is 70.7 Å². The Morgan fingerprint density at radius 2 is 2.37 bits per heavy atom. The van der Waals surface area contributed by atoms with Gasteiger partial charge in [-0.05, 0) is 38.7 Å². The van der Waals surface area contributed by atoms with Crippen molar-refractivity contribution in [3.8, 4) is 0 Å². The molecule has 2 heterocycles. The second kappa shape index (κ2) is 4.77. The second-order valence-corrected chi connectivity index (χ2v) is 6.09. The highest BCUT2D eigenvalue weighted by molar-refractivity contribution is 7.16. The van der Waals surface area contributed by atoms with E-state index in [1.807, 2.05) is 20.0 Å². The molecule has 2 aromatic heterocycles. The summed E-state index contributed by atoms with van der Waals surface area (Å²) in [6.45, 7) is 3.86. The van der Waals surface area contributed by atoms with Crippen LogP contribution in [0.5, 0.6) is 0 Å². The van der Waals surface area contributed by atoms with E-state index in [-0.39, 0.29) is 11.8 Å². The maximum atomic E-state index is 12.4. The number of amides is 1. The van der Waals surface area contributed by atoms with Crippen molar-refractivity contribution in [1.82, 2.24) is 15.2 Å². The maximum Gasteiger partial charge on any atom is 0.234 e. The van der Waals surface area contributed by atoms with Gasteiger partial charge in [0.25, 0.3) is 0 Å². The number of aromatic amines is 1. The molecule has 0 saturated heterocycles. The summed E-state index contributed by atoms with van der Waals surface area (Å²) in [4.78, 5) is 16.7. The van der Waals surface area contributed by atoms with Crippen LogP contribution in [-0.2, 0) is 11.2 Å². The lowest BCUT2D eigenvalue weighted by atomic mass is 9.87. The van der Waals surface area contributed by atoms with Crippen LogP contribution in [0.25, 0.3) is 0 Å². The van der Waals surface area contributed by atoms with Crippen LogP contribution in [0.3, 0.4) is 0 Å². The molecule has 1 unspecified atom stereocenters. The number of aromatic nitrogens is 3. The standard InChI is InChI=1S/C13H16N4OS/c1-7-13(19-8(2)15-7)16-12(18)10-5-3-4-9-6-14-17-11(9)10/h6,10H,3-5H2,1-2H3,(H,14,17)(H,16,18). The van der Waals surface area contributed by atoms with E-state index in [1.165, 1.54) is 16.9 Å². The van der Waals surface area contributed by atoms with Gasteiger partial charge in [-0.2, -0.15) is 5.10 Å². The minimum Gasteiger partial charge on any atom is -0.316 e. The van der Waals surface area contributed by atoms with E-state index in [0.29, 0.717) is 0 Å². The Balaban J connectivity index is 1.81. The van der Waals surface area contributed by atoms with Gasteiger partial charge in [-0.15, -0.1) is 11.3 Å². The maximum absolute atomic E-state index is 12.4. The van der Waals surface area contributed by atoms with Crippen molar-refractivity contribution in [1.29, 1.82) is 0 Å². The zero-order valence-electron chi connectivity index (χ0n) is 11.0. The van der Waals surface area contributed by atoms with Gasteiger partial charge in [0.15, 0.2) is 0 Å². The first-order chi connectivity index (χ1) is 9.15. The van der Waals surface area contributed by atoms with Gasteiger partial charge in [-0.1, -0.05) is 0 Å². The molecule has 1 aliphatic rings. The number of nitrogens with one attached hydrogen (secondary N) is 2. The summed E-state index contributed by atoms with van der Waals surface area (Å²) in [7, 11) is 0. The van der Waals surface area contributed by atoms with Crippen molar-refractivity contribution in [3.63, 3.8) is 0 Å². The third-order valence-corrected chi connectivity index (χ3v) is 4.48. The first-order valence-corrected chi connectivity index (χ1v) is 7.24. The van der Waals surface area contributed by atoms with Crippen molar-refractivity contribution < 1.29 is 4.79 Å². The largest absolute Gasteiger partial charge is 0.316 e. The highest BCUT2D eigenvalue weighted by Gasteiger charge is 2.28. The van der Waals surface area contributed by atoms with Crippen LogP contribution < -0.4 is 5.32 Å². The molecule has 3 rings (SSSR count). The summed E-state index contributed by atoms with van der Waals surface area (Å²) in [5.74, 6) is -0.0787. The lowest BCUT2D eigenvalue weighted by molar-refractivity contribution is -0.117. The van der Waals surface area contributed by atoms with E-state index in [1.54, 1.807) is 0 Å².